The van der Waals surface area contributed by atoms with Gasteiger partial charge in [-0.3, -0.25) is 4.79 Å². The van der Waals surface area contributed by atoms with E-state index >= 15 is 0 Å². The van der Waals surface area contributed by atoms with Crippen molar-refractivity contribution in [2.75, 3.05) is 17.7 Å². The molecule has 0 saturated heterocycles. The van der Waals surface area contributed by atoms with Gasteiger partial charge in [-0.05, 0) is 24.6 Å². The number of nitrogens with one attached hydrogen (secondary N) is 2. The van der Waals surface area contributed by atoms with E-state index in [2.05, 4.69) is 20.5 Å². The number of hydrogen-bond donors (Lipinski definition) is 3. The molecule has 0 aliphatic carbocycles. The van der Waals surface area contributed by atoms with Crippen molar-refractivity contribution in [3.63, 3.8) is 0 Å². The summed E-state index contributed by atoms with van der Waals surface area (Å²) in [6.45, 7) is 2.41. The Kier molecular flexibility index (Phi) is 5.75. The van der Waals surface area contributed by atoms with E-state index in [0.717, 1.165) is 5.56 Å². The Morgan fingerprint density at radius 1 is 1.23 bits per heavy atom. The fourth-order valence-corrected chi connectivity index (χ4v) is 3.29. The Balaban J connectivity index is 1.85. The van der Waals surface area contributed by atoms with Gasteiger partial charge in [-0.2, -0.15) is 4.98 Å². The van der Waals surface area contributed by atoms with Gasteiger partial charge in [0.05, 0.1) is 12.3 Å². The van der Waals surface area contributed by atoms with E-state index in [1.54, 1.807) is 6.07 Å². The normalized spacial score (nSPS) is 11.7. The highest BCUT2D eigenvalue weighted by Gasteiger charge is 2.24. The van der Waals surface area contributed by atoms with Crippen molar-refractivity contribution in [2.45, 2.75) is 17.3 Å². The maximum absolute atomic E-state index is 13.0. The minimum absolute atomic E-state index is 0.197. The molecule has 8 heteroatoms. The predicted molar refractivity (Wildman–Crippen MR) is 102 cm³/mol. The number of aromatic nitrogens is 3. The third-order valence-corrected chi connectivity index (χ3v) is 4.61. The first-order chi connectivity index (χ1) is 12.7. The number of carbonyl (C=O) groups excluding carboxylic acids is 1. The molecule has 1 atom stereocenters. The van der Waals surface area contributed by atoms with Gasteiger partial charge in [0, 0.05) is 0 Å². The van der Waals surface area contributed by atoms with Crippen molar-refractivity contribution in [3.8, 4) is 5.75 Å². The highest BCUT2D eigenvalue weighted by atomic mass is 32.2. The molecule has 3 aromatic rings. The van der Waals surface area contributed by atoms with Crippen LogP contribution in [0.1, 0.15) is 17.7 Å². The van der Waals surface area contributed by atoms with Crippen molar-refractivity contribution >= 4 is 29.3 Å². The van der Waals surface area contributed by atoms with Crippen LogP contribution in [0.5, 0.6) is 5.75 Å². The van der Waals surface area contributed by atoms with E-state index in [1.165, 1.54) is 11.8 Å². The molecule has 0 fully saturated rings. The molecule has 2 aromatic carbocycles. The van der Waals surface area contributed by atoms with Crippen molar-refractivity contribution in [1.29, 1.82) is 0 Å². The first-order valence-corrected chi connectivity index (χ1v) is 8.97. The van der Waals surface area contributed by atoms with Gasteiger partial charge in [0.2, 0.25) is 17.0 Å². The van der Waals surface area contributed by atoms with E-state index < -0.39 is 5.25 Å². The molecule has 1 heterocycles. The first-order valence-electron chi connectivity index (χ1n) is 8.09. The summed E-state index contributed by atoms with van der Waals surface area (Å²) < 4.78 is 5.58. The lowest BCUT2D eigenvalue weighted by Crippen LogP contribution is -2.19. The Morgan fingerprint density at radius 2 is 1.96 bits per heavy atom. The van der Waals surface area contributed by atoms with Crippen molar-refractivity contribution < 1.29 is 9.53 Å². The van der Waals surface area contributed by atoms with Gasteiger partial charge in [-0.1, -0.05) is 54.2 Å². The number of carbonyl (C=O) groups is 1. The van der Waals surface area contributed by atoms with Gasteiger partial charge in [0.15, 0.2) is 0 Å². The van der Waals surface area contributed by atoms with E-state index in [4.69, 9.17) is 10.5 Å². The zero-order chi connectivity index (χ0) is 18.4. The fourth-order valence-electron chi connectivity index (χ4n) is 2.37. The van der Waals surface area contributed by atoms with Crippen LogP contribution in [0.3, 0.4) is 0 Å². The standard InChI is InChI=1S/C18H19N5O2S/c1-2-25-14-11-7-6-10-13(14)20-16(24)15(12-8-4-3-5-9-12)26-18-21-17(19)22-23-18/h3-11,15H,2H2,1H3,(H,20,24)(H3,19,21,22,23)/t15-/m1/s1. The number of nitrogens with zero attached hydrogens (tertiary/aromatic N) is 2. The summed E-state index contributed by atoms with van der Waals surface area (Å²) >= 11 is 1.22. The van der Waals surface area contributed by atoms with E-state index in [1.807, 2.05) is 55.5 Å². The Hall–Kier alpha value is -3.00. The molecule has 1 amide bonds. The fraction of sp³-hybridized carbons (Fsp3) is 0.167. The van der Waals surface area contributed by atoms with Crippen LogP contribution in [0.15, 0.2) is 59.8 Å². The number of amides is 1. The summed E-state index contributed by atoms with van der Waals surface area (Å²) in [6, 6.07) is 16.8. The molecule has 0 bridgehead atoms. The van der Waals surface area contributed by atoms with E-state index in [-0.39, 0.29) is 11.9 Å². The number of benzene rings is 2. The number of anilines is 2. The minimum Gasteiger partial charge on any atom is -0.492 e. The lowest BCUT2D eigenvalue weighted by Gasteiger charge is -2.17. The quantitative estimate of drug-likeness (QED) is 0.552. The highest BCUT2D eigenvalue weighted by molar-refractivity contribution is 8.00. The van der Waals surface area contributed by atoms with Crippen LogP contribution in [0, 0.1) is 0 Å². The summed E-state index contributed by atoms with van der Waals surface area (Å²) in [5, 5.41) is 9.40. The smallest absolute Gasteiger partial charge is 0.242 e. The topological polar surface area (TPSA) is 106 Å². The number of rotatable bonds is 7. The van der Waals surface area contributed by atoms with Gasteiger partial charge in [-0.25, -0.2) is 5.10 Å². The molecule has 0 unspecified atom stereocenters. The second kappa shape index (κ2) is 8.39. The van der Waals surface area contributed by atoms with Crippen LogP contribution in [-0.2, 0) is 4.79 Å². The summed E-state index contributed by atoms with van der Waals surface area (Å²) in [4.78, 5) is 17.1. The lowest BCUT2D eigenvalue weighted by molar-refractivity contribution is -0.115. The molecule has 0 aliphatic rings. The first kappa shape index (κ1) is 17.8. The van der Waals surface area contributed by atoms with Gasteiger partial charge in [-0.15, -0.1) is 5.10 Å². The second-order valence-electron chi connectivity index (χ2n) is 5.33. The number of nitrogens with two attached hydrogens (primary N) is 1. The molecule has 134 valence electrons. The van der Waals surface area contributed by atoms with Crippen LogP contribution < -0.4 is 15.8 Å². The molecule has 3 rings (SSSR count). The molecule has 4 N–H and O–H groups in total. The largest absolute Gasteiger partial charge is 0.492 e. The zero-order valence-corrected chi connectivity index (χ0v) is 15.0. The second-order valence-corrected chi connectivity index (χ2v) is 6.40. The maximum Gasteiger partial charge on any atom is 0.242 e. The van der Waals surface area contributed by atoms with Crippen LogP contribution >= 0.6 is 11.8 Å². The Bertz CT molecular complexity index is 869. The number of aromatic amines is 1. The number of thioether (sulfide) groups is 1. The molecular weight excluding hydrogens is 350 g/mol. The third-order valence-electron chi connectivity index (χ3n) is 3.49. The summed E-state index contributed by atoms with van der Waals surface area (Å²) in [5.74, 6) is 0.639. The lowest BCUT2D eigenvalue weighted by atomic mass is 10.1. The molecule has 1 aromatic heterocycles. The highest BCUT2D eigenvalue weighted by Crippen LogP contribution is 2.35. The number of hydrogen-bond acceptors (Lipinski definition) is 6. The summed E-state index contributed by atoms with van der Waals surface area (Å²) in [5.41, 5.74) is 7.05. The predicted octanol–water partition coefficient (Wildman–Crippen LogP) is 3.26. The summed E-state index contributed by atoms with van der Waals surface area (Å²) in [6.07, 6.45) is 0. The van der Waals surface area contributed by atoms with Crippen LogP contribution in [-0.4, -0.2) is 27.7 Å². The van der Waals surface area contributed by atoms with Crippen molar-refractivity contribution in [2.24, 2.45) is 0 Å². The molecule has 26 heavy (non-hydrogen) atoms. The molecule has 0 spiro atoms. The molecule has 0 aliphatic heterocycles. The minimum atomic E-state index is -0.541. The molecular formula is C18H19N5O2S. The van der Waals surface area contributed by atoms with E-state index in [0.29, 0.717) is 23.2 Å². The van der Waals surface area contributed by atoms with Crippen LogP contribution in [0.4, 0.5) is 11.6 Å². The average molecular weight is 369 g/mol. The summed E-state index contributed by atoms with van der Waals surface area (Å²) in [7, 11) is 0. The molecule has 7 nitrogen and oxygen atoms in total. The monoisotopic (exact) mass is 369 g/mol. The Labute approximate surface area is 155 Å². The maximum atomic E-state index is 13.0. The number of para-hydroxylation sites is 2. The van der Waals surface area contributed by atoms with Gasteiger partial charge in [0.25, 0.3) is 0 Å². The van der Waals surface area contributed by atoms with E-state index in [9.17, 15) is 4.79 Å². The van der Waals surface area contributed by atoms with Crippen molar-refractivity contribution in [1.82, 2.24) is 15.2 Å². The molecule has 0 saturated carbocycles. The number of nitrogen functional groups attached to an aromatic ring is 1. The Morgan fingerprint density at radius 3 is 2.65 bits per heavy atom. The van der Waals surface area contributed by atoms with Gasteiger partial charge >= 0.3 is 0 Å². The SMILES string of the molecule is CCOc1ccccc1NC(=O)[C@H](Sc1n[nH]c(N)n1)c1ccccc1. The van der Waals surface area contributed by atoms with Crippen LogP contribution in [0.2, 0.25) is 0 Å². The third kappa shape index (κ3) is 4.34. The number of ether oxygens (including phenoxy) is 1. The van der Waals surface area contributed by atoms with Crippen LogP contribution in [0.25, 0.3) is 0 Å². The molecule has 0 radical (unpaired) electrons. The zero-order valence-electron chi connectivity index (χ0n) is 14.2. The van der Waals surface area contributed by atoms with Gasteiger partial charge < -0.3 is 15.8 Å². The average Bonchev–Trinajstić information content (AvgIpc) is 3.07. The van der Waals surface area contributed by atoms with Crippen molar-refractivity contribution in [3.05, 3.63) is 60.2 Å². The number of H-pyrrole nitrogens is 1. The van der Waals surface area contributed by atoms with Gasteiger partial charge in [0.1, 0.15) is 11.0 Å².